The lowest BCUT2D eigenvalue weighted by molar-refractivity contribution is -0.146. The van der Waals surface area contributed by atoms with E-state index in [4.69, 9.17) is 5.73 Å². The molecule has 2 rings (SSSR count). The van der Waals surface area contributed by atoms with Gasteiger partial charge in [-0.05, 0) is 31.6 Å². The van der Waals surface area contributed by atoms with Crippen LogP contribution in [0.25, 0.3) is 0 Å². The van der Waals surface area contributed by atoms with Crippen LogP contribution in [0.4, 0.5) is 4.79 Å². The first-order chi connectivity index (χ1) is 9.91. The fraction of sp³-hybridized carbons (Fsp3) is 0.786. The van der Waals surface area contributed by atoms with E-state index >= 15 is 0 Å². The fourth-order valence-electron chi connectivity index (χ4n) is 3.65. The summed E-state index contributed by atoms with van der Waals surface area (Å²) in [5.74, 6) is -1.20. The Balaban J connectivity index is 2.21. The number of carbonyl (C=O) groups is 3. The van der Waals surface area contributed by atoms with Crippen molar-refractivity contribution in [2.75, 3.05) is 13.6 Å². The molecule has 0 bridgehead atoms. The van der Waals surface area contributed by atoms with Crippen LogP contribution < -0.4 is 5.73 Å². The van der Waals surface area contributed by atoms with E-state index in [-0.39, 0.29) is 12.6 Å². The van der Waals surface area contributed by atoms with Gasteiger partial charge in [-0.25, -0.2) is 9.59 Å². The zero-order valence-electron chi connectivity index (χ0n) is 12.3. The smallest absolute Gasteiger partial charge is 0.326 e. The van der Waals surface area contributed by atoms with Gasteiger partial charge in [-0.2, -0.15) is 0 Å². The maximum absolute atomic E-state index is 12.6. The first-order valence-electron chi connectivity index (χ1n) is 7.46. The van der Waals surface area contributed by atoms with Gasteiger partial charge in [0.15, 0.2) is 0 Å². The summed E-state index contributed by atoms with van der Waals surface area (Å²) >= 11 is 0. The zero-order chi connectivity index (χ0) is 15.6. The third-order valence-corrected chi connectivity index (χ3v) is 4.60. The molecular weight excluding hydrogens is 274 g/mol. The topological polar surface area (TPSA) is 104 Å². The van der Waals surface area contributed by atoms with E-state index in [1.54, 1.807) is 0 Å². The number of hydrogen-bond donors (Lipinski definition) is 2. The molecule has 1 saturated heterocycles. The number of primary amides is 1. The van der Waals surface area contributed by atoms with Crippen LogP contribution in [0.15, 0.2) is 0 Å². The van der Waals surface area contributed by atoms with Crippen molar-refractivity contribution in [3.8, 4) is 0 Å². The van der Waals surface area contributed by atoms with Crippen LogP contribution in [0.3, 0.4) is 0 Å². The van der Waals surface area contributed by atoms with E-state index in [1.165, 1.54) is 16.8 Å². The van der Waals surface area contributed by atoms with Gasteiger partial charge < -0.3 is 20.6 Å². The van der Waals surface area contributed by atoms with Crippen molar-refractivity contribution in [1.29, 1.82) is 0 Å². The Morgan fingerprint density at radius 3 is 2.48 bits per heavy atom. The molecule has 3 amide bonds. The van der Waals surface area contributed by atoms with Crippen LogP contribution in [0.1, 0.15) is 38.5 Å². The van der Waals surface area contributed by atoms with Crippen molar-refractivity contribution in [2.24, 2.45) is 11.7 Å². The molecule has 1 heterocycles. The molecule has 2 aliphatic rings. The molecule has 0 aromatic rings. The number of likely N-dealkylation sites (N-methyl/N-ethyl adjacent to an activating group) is 1. The first-order valence-corrected chi connectivity index (χ1v) is 7.46. The fourth-order valence-corrected chi connectivity index (χ4v) is 3.65. The van der Waals surface area contributed by atoms with Gasteiger partial charge >= 0.3 is 12.0 Å². The van der Waals surface area contributed by atoms with Gasteiger partial charge in [0.05, 0.1) is 0 Å². The van der Waals surface area contributed by atoms with Gasteiger partial charge in [0.2, 0.25) is 5.91 Å². The minimum Gasteiger partial charge on any atom is -0.480 e. The molecule has 0 aromatic heterocycles. The average molecular weight is 297 g/mol. The largest absolute Gasteiger partial charge is 0.480 e. The van der Waals surface area contributed by atoms with E-state index in [1.807, 2.05) is 0 Å². The highest BCUT2D eigenvalue weighted by molar-refractivity contribution is 5.86. The summed E-state index contributed by atoms with van der Waals surface area (Å²) in [6.45, 7) is -0.195. The molecule has 0 radical (unpaired) electrons. The number of nitrogens with two attached hydrogens (primary N) is 1. The number of rotatable bonds is 3. The molecule has 0 aromatic carbocycles. The van der Waals surface area contributed by atoms with Crippen molar-refractivity contribution in [3.63, 3.8) is 0 Å². The van der Waals surface area contributed by atoms with E-state index in [2.05, 4.69) is 0 Å². The van der Waals surface area contributed by atoms with Crippen LogP contribution in [-0.2, 0) is 9.59 Å². The normalized spacial score (nSPS) is 28.6. The SMILES string of the molecule is CN(CC(N)=O)C(=O)N1C(C(=O)O)CCC2CCCCC21. The van der Waals surface area contributed by atoms with Gasteiger partial charge in [0.1, 0.15) is 12.6 Å². The van der Waals surface area contributed by atoms with Gasteiger partial charge in [0.25, 0.3) is 0 Å². The predicted octanol–water partition coefficient (Wildman–Crippen LogP) is 0.631. The van der Waals surface area contributed by atoms with Crippen molar-refractivity contribution >= 4 is 17.9 Å². The second-order valence-electron chi connectivity index (χ2n) is 6.06. The summed E-state index contributed by atoms with van der Waals surface area (Å²) in [4.78, 5) is 37.8. The van der Waals surface area contributed by atoms with Gasteiger partial charge in [-0.3, -0.25) is 4.79 Å². The summed E-state index contributed by atoms with van der Waals surface area (Å²) in [6, 6.07) is -1.23. The Morgan fingerprint density at radius 1 is 1.19 bits per heavy atom. The molecule has 1 aliphatic carbocycles. The van der Waals surface area contributed by atoms with Gasteiger partial charge in [0, 0.05) is 13.1 Å². The third kappa shape index (κ3) is 3.28. The number of hydrogen-bond acceptors (Lipinski definition) is 3. The lowest BCUT2D eigenvalue weighted by Gasteiger charge is -2.47. The van der Waals surface area contributed by atoms with Gasteiger partial charge in [-0.1, -0.05) is 12.8 Å². The lowest BCUT2D eigenvalue weighted by Crippen LogP contribution is -2.60. The van der Waals surface area contributed by atoms with Crippen molar-refractivity contribution < 1.29 is 19.5 Å². The van der Waals surface area contributed by atoms with E-state index < -0.39 is 23.9 Å². The minimum atomic E-state index is -0.972. The Labute approximate surface area is 124 Å². The van der Waals surface area contributed by atoms with Crippen molar-refractivity contribution in [2.45, 2.75) is 50.6 Å². The van der Waals surface area contributed by atoms with Gasteiger partial charge in [-0.15, -0.1) is 0 Å². The summed E-state index contributed by atoms with van der Waals surface area (Å²) in [6.07, 6.45) is 5.36. The molecule has 118 valence electrons. The number of aliphatic carboxylic acids is 1. The maximum atomic E-state index is 12.6. The molecule has 1 saturated carbocycles. The Kier molecular flexibility index (Phi) is 4.69. The number of carboxylic acid groups (broad SMARTS) is 1. The van der Waals surface area contributed by atoms with Crippen LogP contribution in [-0.4, -0.2) is 58.5 Å². The molecule has 0 spiro atoms. The molecule has 3 unspecified atom stereocenters. The average Bonchev–Trinajstić information content (AvgIpc) is 2.44. The predicted molar refractivity (Wildman–Crippen MR) is 75.5 cm³/mol. The Morgan fingerprint density at radius 2 is 1.86 bits per heavy atom. The van der Waals surface area contributed by atoms with E-state index in [0.717, 1.165) is 32.1 Å². The monoisotopic (exact) mass is 297 g/mol. The molecule has 7 heteroatoms. The summed E-state index contributed by atoms with van der Waals surface area (Å²) in [5.41, 5.74) is 5.12. The van der Waals surface area contributed by atoms with Crippen LogP contribution in [0, 0.1) is 5.92 Å². The number of carboxylic acids is 1. The quantitative estimate of drug-likeness (QED) is 0.797. The highest BCUT2D eigenvalue weighted by Crippen LogP contribution is 2.38. The Hall–Kier alpha value is -1.79. The highest BCUT2D eigenvalue weighted by Gasteiger charge is 2.44. The zero-order valence-corrected chi connectivity index (χ0v) is 12.3. The summed E-state index contributed by atoms with van der Waals surface area (Å²) in [7, 11) is 1.48. The number of fused-ring (bicyclic) bond motifs is 1. The maximum Gasteiger partial charge on any atom is 0.326 e. The number of piperidine rings is 1. The minimum absolute atomic E-state index is 0.0311. The first kappa shape index (κ1) is 15.6. The van der Waals surface area contributed by atoms with E-state index in [9.17, 15) is 19.5 Å². The van der Waals surface area contributed by atoms with E-state index in [0.29, 0.717) is 12.3 Å². The van der Waals surface area contributed by atoms with Crippen molar-refractivity contribution in [3.05, 3.63) is 0 Å². The summed E-state index contributed by atoms with van der Waals surface area (Å²) in [5, 5.41) is 9.41. The Bertz CT molecular complexity index is 440. The van der Waals surface area contributed by atoms with Crippen molar-refractivity contribution in [1.82, 2.24) is 9.80 Å². The number of amides is 3. The molecule has 2 fully saturated rings. The number of urea groups is 1. The number of nitrogens with zero attached hydrogens (tertiary/aromatic N) is 2. The molecule has 7 nitrogen and oxygen atoms in total. The van der Waals surface area contributed by atoms with Crippen LogP contribution in [0.2, 0.25) is 0 Å². The molecule has 3 atom stereocenters. The van der Waals surface area contributed by atoms with Crippen LogP contribution >= 0.6 is 0 Å². The highest BCUT2D eigenvalue weighted by atomic mass is 16.4. The second kappa shape index (κ2) is 6.32. The molecule has 3 N–H and O–H groups in total. The molecule has 21 heavy (non-hydrogen) atoms. The second-order valence-corrected chi connectivity index (χ2v) is 6.06. The summed E-state index contributed by atoms with van der Waals surface area (Å²) < 4.78 is 0. The molecule has 1 aliphatic heterocycles. The van der Waals surface area contributed by atoms with Crippen LogP contribution in [0.5, 0.6) is 0 Å². The number of likely N-dealkylation sites (tertiary alicyclic amines) is 1. The number of carbonyl (C=O) groups excluding carboxylic acids is 2. The molecular formula is C14H23N3O4. The standard InChI is InChI=1S/C14H23N3O4/c1-16(8-12(15)18)14(21)17-10-5-3-2-4-9(10)6-7-11(17)13(19)20/h9-11H,2-8H2,1H3,(H2,15,18)(H,19,20). The lowest BCUT2D eigenvalue weighted by atomic mass is 9.76. The third-order valence-electron chi connectivity index (χ3n) is 4.60.